The molecule has 194 valence electrons. The van der Waals surface area contributed by atoms with E-state index in [2.05, 4.69) is 16.3 Å². The maximum absolute atomic E-state index is 13.7. The molecule has 37 heavy (non-hydrogen) atoms. The SMILES string of the molecule is COc1ccc2c3c1OC1C4(O)CC[C@]5(OC4C(=O)NCc4ccccc4)[C@@H](C2)N(CC2CC2)CC[C@]315. The molecule has 1 amide bonds. The zero-order valence-electron chi connectivity index (χ0n) is 21.2. The van der Waals surface area contributed by atoms with E-state index in [9.17, 15) is 9.90 Å². The lowest BCUT2D eigenvalue weighted by Crippen LogP contribution is -2.87. The van der Waals surface area contributed by atoms with Gasteiger partial charge in [-0.25, -0.2) is 0 Å². The van der Waals surface area contributed by atoms with E-state index >= 15 is 0 Å². The van der Waals surface area contributed by atoms with Crippen LogP contribution in [0.15, 0.2) is 42.5 Å². The maximum atomic E-state index is 13.7. The Morgan fingerprint density at radius 1 is 1.16 bits per heavy atom. The van der Waals surface area contributed by atoms with Crippen molar-refractivity contribution < 1.29 is 24.1 Å². The lowest BCUT2D eigenvalue weighted by atomic mass is 9.44. The Morgan fingerprint density at radius 3 is 2.78 bits per heavy atom. The van der Waals surface area contributed by atoms with Crippen LogP contribution in [0.25, 0.3) is 0 Å². The third-order valence-corrected chi connectivity index (χ3v) is 10.4. The van der Waals surface area contributed by atoms with E-state index in [-0.39, 0.29) is 11.9 Å². The number of hydrogen-bond donors (Lipinski definition) is 2. The summed E-state index contributed by atoms with van der Waals surface area (Å²) < 4.78 is 19.5. The highest BCUT2D eigenvalue weighted by Gasteiger charge is 2.82. The lowest BCUT2D eigenvalue weighted by Gasteiger charge is -2.72. The van der Waals surface area contributed by atoms with Gasteiger partial charge in [0.25, 0.3) is 5.91 Å². The second kappa shape index (κ2) is 7.49. The predicted octanol–water partition coefficient (Wildman–Crippen LogP) is 2.71. The van der Waals surface area contributed by atoms with E-state index in [0.29, 0.717) is 18.7 Å². The third kappa shape index (κ3) is 2.75. The minimum Gasteiger partial charge on any atom is -0.493 e. The smallest absolute Gasteiger partial charge is 0.252 e. The monoisotopic (exact) mass is 502 g/mol. The molecule has 6 atom stereocenters. The van der Waals surface area contributed by atoms with Crippen molar-refractivity contribution in [2.45, 2.75) is 79.9 Å². The zero-order chi connectivity index (χ0) is 25.0. The predicted molar refractivity (Wildman–Crippen MR) is 136 cm³/mol. The second-order valence-electron chi connectivity index (χ2n) is 12.1. The number of carbonyl (C=O) groups is 1. The van der Waals surface area contributed by atoms with Crippen LogP contribution in [-0.2, 0) is 27.9 Å². The molecular formula is C30H34N2O5. The number of fused-ring (bicyclic) bond motifs is 2. The summed E-state index contributed by atoms with van der Waals surface area (Å²) in [4.78, 5) is 16.4. The van der Waals surface area contributed by atoms with Gasteiger partial charge in [0, 0.05) is 24.7 Å². The highest BCUT2D eigenvalue weighted by molar-refractivity contribution is 5.83. The maximum Gasteiger partial charge on any atom is 0.252 e. The fourth-order valence-corrected chi connectivity index (χ4v) is 8.63. The van der Waals surface area contributed by atoms with Crippen LogP contribution in [-0.4, -0.2) is 65.6 Å². The first-order chi connectivity index (χ1) is 18.0. The van der Waals surface area contributed by atoms with Crippen LogP contribution in [0.4, 0.5) is 0 Å². The third-order valence-electron chi connectivity index (χ3n) is 10.4. The highest BCUT2D eigenvalue weighted by atomic mass is 16.6. The van der Waals surface area contributed by atoms with Crippen molar-refractivity contribution in [2.24, 2.45) is 5.92 Å². The van der Waals surface area contributed by atoms with Gasteiger partial charge < -0.3 is 24.6 Å². The number of piperidine rings is 1. The molecule has 4 bridgehead atoms. The summed E-state index contributed by atoms with van der Waals surface area (Å²) in [5.41, 5.74) is 0.999. The Hall–Kier alpha value is -2.61. The van der Waals surface area contributed by atoms with Crippen molar-refractivity contribution >= 4 is 5.91 Å². The number of ether oxygens (including phenoxy) is 3. The van der Waals surface area contributed by atoms with E-state index < -0.39 is 28.8 Å². The average Bonchev–Trinajstić information content (AvgIpc) is 3.66. The topological polar surface area (TPSA) is 80.3 Å². The van der Waals surface area contributed by atoms with Crippen LogP contribution in [0.1, 0.15) is 48.8 Å². The van der Waals surface area contributed by atoms with Crippen LogP contribution >= 0.6 is 0 Å². The molecule has 7 aliphatic rings. The van der Waals surface area contributed by atoms with Gasteiger partial charge >= 0.3 is 0 Å². The van der Waals surface area contributed by atoms with Crippen LogP contribution < -0.4 is 14.8 Å². The van der Waals surface area contributed by atoms with Gasteiger partial charge in [-0.05, 0) is 68.2 Å². The number of aliphatic hydroxyl groups is 1. The van der Waals surface area contributed by atoms with Crippen LogP contribution in [0.5, 0.6) is 11.5 Å². The molecular weight excluding hydrogens is 468 g/mol. The normalized spacial score (nSPS) is 38.6. The molecule has 0 aromatic heterocycles. The fourth-order valence-electron chi connectivity index (χ4n) is 8.63. The summed E-state index contributed by atoms with van der Waals surface area (Å²) in [6.07, 6.45) is 4.03. The van der Waals surface area contributed by atoms with E-state index in [1.54, 1.807) is 7.11 Å². The average molecular weight is 503 g/mol. The summed E-state index contributed by atoms with van der Waals surface area (Å²) >= 11 is 0. The lowest BCUT2D eigenvalue weighted by molar-refractivity contribution is -0.345. The summed E-state index contributed by atoms with van der Waals surface area (Å²) in [5.74, 6) is 1.95. The minimum atomic E-state index is -1.41. The van der Waals surface area contributed by atoms with Crippen LogP contribution in [0.3, 0.4) is 0 Å². The van der Waals surface area contributed by atoms with Gasteiger partial charge in [0.1, 0.15) is 11.7 Å². The van der Waals surface area contributed by atoms with Gasteiger partial charge in [-0.1, -0.05) is 36.4 Å². The Labute approximate surface area is 217 Å². The molecule has 4 heterocycles. The van der Waals surface area contributed by atoms with E-state index in [1.807, 2.05) is 36.4 Å². The van der Waals surface area contributed by atoms with Gasteiger partial charge in [-0.2, -0.15) is 0 Å². The molecule has 0 radical (unpaired) electrons. The number of nitrogens with zero attached hydrogens (tertiary/aromatic N) is 1. The molecule has 3 aliphatic carbocycles. The summed E-state index contributed by atoms with van der Waals surface area (Å²) in [5, 5.41) is 15.4. The Balaban J connectivity index is 1.23. The molecule has 5 fully saturated rings. The molecule has 2 spiro atoms. The van der Waals surface area contributed by atoms with Crippen molar-refractivity contribution in [3.8, 4) is 11.5 Å². The standard InChI is InChI=1S/C30H34N2O5/c1-35-21-10-9-20-15-22-30-12-11-29(34,25(37-30)26(33)31-16-18-5-3-2-4-6-18)27-28(30,23(20)24(21)36-27)13-14-32(22)17-19-7-8-19/h2-6,9-10,19,22,25,27,34H,7-8,11-17H2,1H3,(H,31,33)/t22-,25?,27?,28+,29?,30+/m1/s1. The number of rotatable bonds is 6. The first kappa shape index (κ1) is 22.4. The van der Waals surface area contributed by atoms with Crippen molar-refractivity contribution in [3.05, 3.63) is 59.2 Å². The molecule has 2 aromatic carbocycles. The number of methoxy groups -OCH3 is 1. The first-order valence-corrected chi connectivity index (χ1v) is 13.8. The molecule has 7 heteroatoms. The highest BCUT2D eigenvalue weighted by Crippen LogP contribution is 2.71. The van der Waals surface area contributed by atoms with Crippen molar-refractivity contribution in [2.75, 3.05) is 20.2 Å². The molecule has 9 rings (SSSR count). The largest absolute Gasteiger partial charge is 0.493 e. The van der Waals surface area contributed by atoms with Crippen molar-refractivity contribution in [1.82, 2.24) is 10.2 Å². The molecule has 7 nitrogen and oxygen atoms in total. The van der Waals surface area contributed by atoms with E-state index in [4.69, 9.17) is 14.2 Å². The van der Waals surface area contributed by atoms with Gasteiger partial charge in [-0.15, -0.1) is 0 Å². The van der Waals surface area contributed by atoms with Gasteiger partial charge in [0.15, 0.2) is 17.6 Å². The Kier molecular flexibility index (Phi) is 4.53. The van der Waals surface area contributed by atoms with Gasteiger partial charge in [0.2, 0.25) is 0 Å². The number of benzene rings is 2. The quantitative estimate of drug-likeness (QED) is 0.633. The zero-order valence-corrected chi connectivity index (χ0v) is 21.2. The van der Waals surface area contributed by atoms with Crippen LogP contribution in [0, 0.1) is 5.92 Å². The number of hydrogen-bond acceptors (Lipinski definition) is 6. The molecule has 3 saturated heterocycles. The molecule has 2 N–H and O–H groups in total. The second-order valence-corrected chi connectivity index (χ2v) is 12.1. The molecule has 4 aliphatic heterocycles. The molecule has 2 aromatic rings. The Morgan fingerprint density at radius 2 is 2.00 bits per heavy atom. The summed E-state index contributed by atoms with van der Waals surface area (Å²) in [6.45, 7) is 2.45. The van der Waals surface area contributed by atoms with Crippen molar-refractivity contribution in [1.29, 1.82) is 0 Å². The van der Waals surface area contributed by atoms with Gasteiger partial charge in [-0.3, -0.25) is 9.69 Å². The number of carbonyl (C=O) groups excluding carboxylic acids is 1. The number of likely N-dealkylation sites (tertiary alicyclic amines) is 1. The molecule has 2 saturated carbocycles. The number of amides is 1. The summed E-state index contributed by atoms with van der Waals surface area (Å²) in [6, 6.07) is 14.2. The van der Waals surface area contributed by atoms with Gasteiger partial charge in [0.05, 0.1) is 18.1 Å². The Bertz CT molecular complexity index is 1280. The molecule has 3 unspecified atom stereocenters. The summed E-state index contributed by atoms with van der Waals surface area (Å²) in [7, 11) is 1.67. The minimum absolute atomic E-state index is 0.161. The van der Waals surface area contributed by atoms with Crippen LogP contribution in [0.2, 0.25) is 0 Å². The van der Waals surface area contributed by atoms with Crippen molar-refractivity contribution in [3.63, 3.8) is 0 Å². The van der Waals surface area contributed by atoms with E-state index in [1.165, 1.54) is 24.0 Å². The van der Waals surface area contributed by atoms with E-state index in [0.717, 1.165) is 49.6 Å². The number of nitrogens with one attached hydrogen (secondary N) is 1. The fraction of sp³-hybridized carbons (Fsp3) is 0.567. The first-order valence-electron chi connectivity index (χ1n) is 13.8.